The fraction of sp³-hybridized carbons (Fsp3) is 0.500. The minimum atomic E-state index is -0.886. The second-order valence-corrected chi connectivity index (χ2v) is 3.54. The number of nitrogens with zero attached hydrogens (tertiary/aromatic N) is 3. The standard InChI is InChI=1S/C8H9N3O5/c1-9-3-6(11(14)15)7(12)10(8(9)13)2-5-4-16-5/h3,5H,2,4H2,1H3. The Balaban J connectivity index is 2.60. The molecule has 1 unspecified atom stereocenters. The molecule has 8 heteroatoms. The maximum atomic E-state index is 11.6. The summed E-state index contributed by atoms with van der Waals surface area (Å²) in [6.07, 6.45) is 0.738. The average Bonchev–Trinajstić information content (AvgIpc) is 3.01. The lowest BCUT2D eigenvalue weighted by molar-refractivity contribution is -0.387. The Labute approximate surface area is 88.8 Å². The van der Waals surface area contributed by atoms with E-state index in [1.165, 1.54) is 7.05 Å². The maximum absolute atomic E-state index is 11.6. The molecule has 1 atom stereocenters. The normalized spacial score (nSPS) is 18.4. The van der Waals surface area contributed by atoms with E-state index in [-0.39, 0.29) is 12.6 Å². The van der Waals surface area contributed by atoms with Gasteiger partial charge in [0.1, 0.15) is 0 Å². The molecule has 1 aliphatic rings. The van der Waals surface area contributed by atoms with Crippen molar-refractivity contribution in [1.82, 2.24) is 9.13 Å². The third kappa shape index (κ3) is 1.74. The van der Waals surface area contributed by atoms with Crippen molar-refractivity contribution in [2.24, 2.45) is 7.05 Å². The largest absolute Gasteiger partial charge is 0.371 e. The van der Waals surface area contributed by atoms with Crippen LogP contribution in [0.2, 0.25) is 0 Å². The highest BCUT2D eigenvalue weighted by Gasteiger charge is 2.27. The molecule has 0 spiro atoms. The van der Waals surface area contributed by atoms with Crippen LogP contribution in [0.4, 0.5) is 5.69 Å². The van der Waals surface area contributed by atoms with Crippen molar-refractivity contribution in [3.8, 4) is 0 Å². The number of ether oxygens (including phenoxy) is 1. The summed E-state index contributed by atoms with van der Waals surface area (Å²) >= 11 is 0. The molecule has 0 radical (unpaired) electrons. The molecule has 8 nitrogen and oxygen atoms in total. The van der Waals surface area contributed by atoms with Gasteiger partial charge < -0.3 is 4.74 Å². The zero-order chi connectivity index (χ0) is 11.9. The average molecular weight is 227 g/mol. The molecule has 86 valence electrons. The van der Waals surface area contributed by atoms with Gasteiger partial charge in [0.15, 0.2) is 0 Å². The molecule has 0 aliphatic carbocycles. The first-order valence-electron chi connectivity index (χ1n) is 4.57. The lowest BCUT2D eigenvalue weighted by Crippen LogP contribution is -2.40. The summed E-state index contributed by atoms with van der Waals surface area (Å²) in [5, 5.41) is 10.6. The lowest BCUT2D eigenvalue weighted by Gasteiger charge is -2.04. The predicted molar refractivity (Wildman–Crippen MR) is 52.3 cm³/mol. The van der Waals surface area contributed by atoms with Crippen molar-refractivity contribution < 1.29 is 9.66 Å². The highest BCUT2D eigenvalue weighted by atomic mass is 16.6. The van der Waals surface area contributed by atoms with Crippen molar-refractivity contribution in [1.29, 1.82) is 0 Å². The van der Waals surface area contributed by atoms with Gasteiger partial charge in [0.25, 0.3) is 0 Å². The second-order valence-electron chi connectivity index (χ2n) is 3.54. The number of hydrogen-bond donors (Lipinski definition) is 0. The molecule has 2 rings (SSSR count). The Kier molecular flexibility index (Phi) is 2.35. The van der Waals surface area contributed by atoms with Crippen molar-refractivity contribution in [2.75, 3.05) is 6.61 Å². The second kappa shape index (κ2) is 3.56. The van der Waals surface area contributed by atoms with Gasteiger partial charge in [-0.15, -0.1) is 0 Å². The molecule has 16 heavy (non-hydrogen) atoms. The van der Waals surface area contributed by atoms with Crippen molar-refractivity contribution in [3.05, 3.63) is 37.1 Å². The summed E-state index contributed by atoms with van der Waals surface area (Å²) in [4.78, 5) is 33.0. The van der Waals surface area contributed by atoms with Crippen molar-refractivity contribution >= 4 is 5.69 Å². The molecular weight excluding hydrogens is 218 g/mol. The number of epoxide rings is 1. The van der Waals surface area contributed by atoms with E-state index in [9.17, 15) is 19.7 Å². The first-order valence-corrected chi connectivity index (χ1v) is 4.57. The summed E-state index contributed by atoms with van der Waals surface area (Å²) in [6.45, 7) is 0.533. The Morgan fingerprint density at radius 1 is 1.62 bits per heavy atom. The van der Waals surface area contributed by atoms with Crippen LogP contribution in [0.5, 0.6) is 0 Å². The van der Waals surface area contributed by atoms with E-state index in [1.54, 1.807) is 0 Å². The minimum Gasteiger partial charge on any atom is -0.371 e. The quantitative estimate of drug-likeness (QED) is 0.369. The van der Waals surface area contributed by atoms with E-state index in [0.29, 0.717) is 6.61 Å². The third-order valence-electron chi connectivity index (χ3n) is 2.30. The monoisotopic (exact) mass is 227 g/mol. The smallest absolute Gasteiger partial charge is 0.350 e. The molecule has 1 aliphatic heterocycles. The van der Waals surface area contributed by atoms with Gasteiger partial charge in [0, 0.05) is 7.05 Å². The van der Waals surface area contributed by atoms with Crippen LogP contribution in [0.1, 0.15) is 0 Å². The molecule has 0 N–H and O–H groups in total. The van der Waals surface area contributed by atoms with E-state index >= 15 is 0 Å². The van der Waals surface area contributed by atoms with Crippen LogP contribution in [0, 0.1) is 10.1 Å². The van der Waals surface area contributed by atoms with Crippen LogP contribution >= 0.6 is 0 Å². The van der Waals surface area contributed by atoms with Gasteiger partial charge in [0.2, 0.25) is 0 Å². The molecule has 0 bridgehead atoms. The SMILES string of the molecule is Cn1cc([N+](=O)[O-])c(=O)n(CC2CO2)c1=O. The fourth-order valence-corrected chi connectivity index (χ4v) is 1.37. The van der Waals surface area contributed by atoms with Crippen LogP contribution in [0.3, 0.4) is 0 Å². The number of aryl methyl sites for hydroxylation is 1. The molecule has 1 aromatic rings. The molecule has 0 amide bonds. The Bertz CT molecular complexity index is 554. The van der Waals surface area contributed by atoms with Crippen LogP contribution in [-0.2, 0) is 18.3 Å². The highest BCUT2D eigenvalue weighted by molar-refractivity contribution is 5.21. The molecule has 1 fully saturated rings. The van der Waals surface area contributed by atoms with Gasteiger partial charge in [0.05, 0.1) is 30.4 Å². The Morgan fingerprint density at radius 3 is 2.75 bits per heavy atom. The zero-order valence-electron chi connectivity index (χ0n) is 8.45. The highest BCUT2D eigenvalue weighted by Crippen LogP contribution is 2.10. The van der Waals surface area contributed by atoms with Gasteiger partial charge in [-0.05, 0) is 0 Å². The maximum Gasteiger partial charge on any atom is 0.350 e. The fourth-order valence-electron chi connectivity index (χ4n) is 1.37. The van der Waals surface area contributed by atoms with Crippen LogP contribution in [-0.4, -0.2) is 26.8 Å². The third-order valence-corrected chi connectivity index (χ3v) is 2.30. The van der Waals surface area contributed by atoms with E-state index in [1.807, 2.05) is 0 Å². The Hall–Kier alpha value is -1.96. The molecule has 2 heterocycles. The lowest BCUT2D eigenvalue weighted by atomic mass is 10.4. The van der Waals surface area contributed by atoms with Gasteiger partial charge in [-0.1, -0.05) is 0 Å². The summed E-state index contributed by atoms with van der Waals surface area (Å²) in [5.74, 6) is 0. The summed E-state index contributed by atoms with van der Waals surface area (Å²) in [6, 6.07) is 0. The molecular formula is C8H9N3O5. The van der Waals surface area contributed by atoms with E-state index < -0.39 is 21.9 Å². The van der Waals surface area contributed by atoms with Crippen LogP contribution in [0.15, 0.2) is 15.8 Å². The predicted octanol–water partition coefficient (Wildman–Crippen LogP) is -1.15. The van der Waals surface area contributed by atoms with Crippen molar-refractivity contribution in [2.45, 2.75) is 12.6 Å². The molecule has 1 saturated heterocycles. The van der Waals surface area contributed by atoms with E-state index in [2.05, 4.69) is 0 Å². The first kappa shape index (κ1) is 10.6. The summed E-state index contributed by atoms with van der Waals surface area (Å²) < 4.78 is 6.73. The Morgan fingerprint density at radius 2 is 2.25 bits per heavy atom. The van der Waals surface area contributed by atoms with Gasteiger partial charge in [-0.3, -0.25) is 24.0 Å². The van der Waals surface area contributed by atoms with Crippen LogP contribution < -0.4 is 11.2 Å². The van der Waals surface area contributed by atoms with Crippen molar-refractivity contribution in [3.63, 3.8) is 0 Å². The first-order chi connectivity index (χ1) is 7.50. The van der Waals surface area contributed by atoms with E-state index in [0.717, 1.165) is 15.3 Å². The molecule has 0 aromatic carbocycles. The van der Waals surface area contributed by atoms with E-state index in [4.69, 9.17) is 4.74 Å². The number of rotatable bonds is 3. The summed E-state index contributed by atoms with van der Waals surface area (Å²) in [7, 11) is 1.36. The van der Waals surface area contributed by atoms with Gasteiger partial charge >= 0.3 is 16.9 Å². The number of nitro groups is 1. The van der Waals surface area contributed by atoms with Gasteiger partial charge in [-0.25, -0.2) is 4.79 Å². The minimum absolute atomic E-state index is 0.0627. The number of hydrogen-bond acceptors (Lipinski definition) is 5. The zero-order valence-corrected chi connectivity index (χ0v) is 8.45. The van der Waals surface area contributed by atoms with Crippen LogP contribution in [0.25, 0.3) is 0 Å². The topological polar surface area (TPSA) is 99.7 Å². The molecule has 1 aromatic heterocycles. The number of aromatic nitrogens is 2. The molecule has 0 saturated carbocycles. The van der Waals surface area contributed by atoms with Gasteiger partial charge in [-0.2, -0.15) is 0 Å². The summed E-state index contributed by atoms with van der Waals surface area (Å²) in [5.41, 5.74) is -2.07.